The van der Waals surface area contributed by atoms with Crippen LogP contribution in [0.3, 0.4) is 0 Å². The molecule has 3 aromatic rings. The predicted octanol–water partition coefficient (Wildman–Crippen LogP) is 3.32. The highest BCUT2D eigenvalue weighted by atomic mass is 32.1. The monoisotopic (exact) mass is 395 g/mol. The Bertz CT molecular complexity index is 1080. The number of carbonyl (C=O) groups is 3. The van der Waals surface area contributed by atoms with Gasteiger partial charge in [0.2, 0.25) is 5.91 Å². The summed E-state index contributed by atoms with van der Waals surface area (Å²) in [4.78, 5) is 42.2. The van der Waals surface area contributed by atoms with Crippen molar-refractivity contribution in [3.63, 3.8) is 0 Å². The Balaban J connectivity index is 1.70. The summed E-state index contributed by atoms with van der Waals surface area (Å²) in [5.41, 5.74) is 2.96. The number of nitrogens with one attached hydrogen (secondary N) is 1. The molecule has 0 saturated heterocycles. The molecule has 7 nitrogen and oxygen atoms in total. The Hall–Kier alpha value is -3.39. The van der Waals surface area contributed by atoms with E-state index in [1.54, 1.807) is 23.5 Å². The number of fused-ring (bicyclic) bond motifs is 1. The van der Waals surface area contributed by atoms with E-state index >= 15 is 0 Å². The summed E-state index contributed by atoms with van der Waals surface area (Å²) in [6.45, 7) is 2.68. The van der Waals surface area contributed by atoms with Gasteiger partial charge in [-0.3, -0.25) is 14.6 Å². The van der Waals surface area contributed by atoms with E-state index in [0.717, 1.165) is 27.7 Å². The molecule has 142 valence electrons. The second kappa shape index (κ2) is 8.10. The maximum absolute atomic E-state index is 11.9. The van der Waals surface area contributed by atoms with Crippen molar-refractivity contribution < 1.29 is 19.5 Å². The number of carboxylic acid groups (broad SMARTS) is 1. The van der Waals surface area contributed by atoms with Crippen LogP contribution in [0.5, 0.6) is 0 Å². The molecule has 8 heteroatoms. The minimum Gasteiger partial charge on any atom is -0.476 e. The van der Waals surface area contributed by atoms with E-state index in [9.17, 15) is 14.4 Å². The third kappa shape index (κ3) is 4.47. The second-order valence-corrected chi connectivity index (χ2v) is 7.17. The SMILES string of the molecule is CC(=O)C(=NCC(=O)Nc1ccc(-c2nc3ccc(C)cc3s2)cc1)C(=O)O. The number of anilines is 1. The molecule has 0 aliphatic rings. The fraction of sp³-hybridized carbons (Fsp3) is 0.150. The Kier molecular flexibility index (Phi) is 5.60. The number of benzene rings is 2. The smallest absolute Gasteiger partial charge is 0.357 e. The van der Waals surface area contributed by atoms with Gasteiger partial charge < -0.3 is 10.4 Å². The summed E-state index contributed by atoms with van der Waals surface area (Å²) in [5.74, 6) is -2.66. The minimum atomic E-state index is -1.45. The largest absolute Gasteiger partial charge is 0.476 e. The van der Waals surface area contributed by atoms with Crippen molar-refractivity contribution in [1.82, 2.24) is 4.98 Å². The normalized spacial score (nSPS) is 11.4. The number of aryl methyl sites for hydroxylation is 1. The van der Waals surface area contributed by atoms with E-state index in [4.69, 9.17) is 5.11 Å². The van der Waals surface area contributed by atoms with E-state index < -0.39 is 29.9 Å². The lowest BCUT2D eigenvalue weighted by atomic mass is 10.2. The summed E-state index contributed by atoms with van der Waals surface area (Å²) < 4.78 is 1.12. The first kappa shape index (κ1) is 19.4. The van der Waals surface area contributed by atoms with Gasteiger partial charge in [0.05, 0.1) is 10.2 Å². The minimum absolute atomic E-state index is 0.444. The molecule has 0 atom stereocenters. The van der Waals surface area contributed by atoms with E-state index in [0.29, 0.717) is 5.69 Å². The zero-order valence-electron chi connectivity index (χ0n) is 15.2. The first-order valence-electron chi connectivity index (χ1n) is 8.39. The Morgan fingerprint density at radius 3 is 2.50 bits per heavy atom. The van der Waals surface area contributed by atoms with Gasteiger partial charge in [-0.15, -0.1) is 11.3 Å². The van der Waals surface area contributed by atoms with Gasteiger partial charge in [0.15, 0.2) is 11.5 Å². The first-order chi connectivity index (χ1) is 13.3. The zero-order valence-corrected chi connectivity index (χ0v) is 16.0. The maximum atomic E-state index is 11.9. The molecule has 0 bridgehead atoms. The zero-order chi connectivity index (χ0) is 20.3. The maximum Gasteiger partial charge on any atom is 0.357 e. The molecular formula is C20H17N3O4S. The molecule has 2 N–H and O–H groups in total. The van der Waals surface area contributed by atoms with Crippen molar-refractivity contribution in [1.29, 1.82) is 0 Å². The molecule has 1 heterocycles. The van der Waals surface area contributed by atoms with Crippen molar-refractivity contribution in [2.24, 2.45) is 4.99 Å². The number of ketones is 1. The highest BCUT2D eigenvalue weighted by Crippen LogP contribution is 2.31. The molecule has 0 fully saturated rings. The lowest BCUT2D eigenvalue weighted by Gasteiger charge is -2.04. The van der Waals surface area contributed by atoms with Crippen LogP contribution in [0.15, 0.2) is 47.5 Å². The summed E-state index contributed by atoms with van der Waals surface area (Å²) in [6.07, 6.45) is 0. The van der Waals surface area contributed by atoms with Gasteiger partial charge in [0, 0.05) is 18.2 Å². The third-order valence-electron chi connectivity index (χ3n) is 3.88. The van der Waals surface area contributed by atoms with Gasteiger partial charge in [0.25, 0.3) is 0 Å². The average Bonchev–Trinajstić information content (AvgIpc) is 3.05. The first-order valence-corrected chi connectivity index (χ1v) is 9.21. The van der Waals surface area contributed by atoms with Crippen LogP contribution in [0.2, 0.25) is 0 Å². The second-order valence-electron chi connectivity index (χ2n) is 6.14. The summed E-state index contributed by atoms with van der Waals surface area (Å²) in [5, 5.41) is 12.4. The van der Waals surface area contributed by atoms with Crippen LogP contribution in [0.1, 0.15) is 12.5 Å². The topological polar surface area (TPSA) is 109 Å². The number of carbonyl (C=O) groups excluding carboxylic acids is 2. The van der Waals surface area contributed by atoms with Gasteiger partial charge in [-0.2, -0.15) is 0 Å². The average molecular weight is 395 g/mol. The van der Waals surface area contributed by atoms with Crippen LogP contribution in [0.25, 0.3) is 20.8 Å². The molecule has 0 radical (unpaired) electrons. The van der Waals surface area contributed by atoms with E-state index in [-0.39, 0.29) is 0 Å². The third-order valence-corrected chi connectivity index (χ3v) is 4.94. The van der Waals surface area contributed by atoms with Crippen molar-refractivity contribution in [3.8, 4) is 10.6 Å². The van der Waals surface area contributed by atoms with Crippen molar-refractivity contribution >= 4 is 50.6 Å². The lowest BCUT2D eigenvalue weighted by Crippen LogP contribution is -2.24. The van der Waals surface area contributed by atoms with Crippen LogP contribution in [0.4, 0.5) is 5.69 Å². The molecule has 1 aromatic heterocycles. The fourth-order valence-corrected chi connectivity index (χ4v) is 3.60. The molecule has 0 saturated carbocycles. The van der Waals surface area contributed by atoms with Gasteiger partial charge in [-0.05, 0) is 48.9 Å². The number of aliphatic carboxylic acids is 1. The summed E-state index contributed by atoms with van der Waals surface area (Å²) in [7, 11) is 0. The van der Waals surface area contributed by atoms with Crippen molar-refractivity contribution in [3.05, 3.63) is 48.0 Å². The highest BCUT2D eigenvalue weighted by molar-refractivity contribution is 7.21. The molecule has 3 rings (SSSR count). The number of rotatable bonds is 6. The van der Waals surface area contributed by atoms with Crippen LogP contribution < -0.4 is 5.32 Å². The Labute approximate surface area is 164 Å². The van der Waals surface area contributed by atoms with Crippen LogP contribution in [-0.4, -0.2) is 40.0 Å². The van der Waals surface area contributed by atoms with Gasteiger partial charge in [0.1, 0.15) is 11.6 Å². The molecule has 0 aliphatic heterocycles. The number of hydrogen-bond acceptors (Lipinski definition) is 6. The standard InChI is InChI=1S/C20H17N3O4S/c1-11-3-8-15-16(9-11)28-19(23-15)13-4-6-14(7-5-13)22-17(25)10-21-18(12(2)24)20(26)27/h3-9H,10H2,1-2H3,(H,22,25)(H,26,27). The van der Waals surface area contributed by atoms with E-state index in [2.05, 4.69) is 21.4 Å². The van der Waals surface area contributed by atoms with Crippen LogP contribution >= 0.6 is 11.3 Å². The van der Waals surface area contributed by atoms with E-state index in [1.807, 2.05) is 31.2 Å². The van der Waals surface area contributed by atoms with Crippen LogP contribution in [0, 0.1) is 6.92 Å². The molecule has 0 unspecified atom stereocenters. The number of Topliss-reactive ketones (excluding diaryl/α,β-unsaturated/α-hetero) is 1. The predicted molar refractivity (Wildman–Crippen MR) is 109 cm³/mol. The summed E-state index contributed by atoms with van der Waals surface area (Å²) >= 11 is 1.60. The number of nitrogens with zero attached hydrogens (tertiary/aromatic N) is 2. The van der Waals surface area contributed by atoms with Crippen molar-refractivity contribution in [2.75, 3.05) is 11.9 Å². The lowest BCUT2D eigenvalue weighted by molar-refractivity contribution is -0.130. The van der Waals surface area contributed by atoms with Gasteiger partial charge in [-0.1, -0.05) is 6.07 Å². The number of carboxylic acids is 1. The molecule has 1 amide bonds. The number of amides is 1. The number of aliphatic imine (C=N–C) groups is 1. The summed E-state index contributed by atoms with van der Waals surface area (Å²) in [6, 6.07) is 13.3. The van der Waals surface area contributed by atoms with Crippen LogP contribution in [-0.2, 0) is 14.4 Å². The van der Waals surface area contributed by atoms with Gasteiger partial charge >= 0.3 is 5.97 Å². The number of hydrogen-bond donors (Lipinski definition) is 2. The quantitative estimate of drug-likeness (QED) is 0.492. The number of thiazole rings is 1. The Morgan fingerprint density at radius 2 is 1.86 bits per heavy atom. The van der Waals surface area contributed by atoms with E-state index in [1.165, 1.54) is 5.56 Å². The highest BCUT2D eigenvalue weighted by Gasteiger charge is 2.15. The fourth-order valence-electron chi connectivity index (χ4n) is 2.53. The molecule has 0 spiro atoms. The van der Waals surface area contributed by atoms with Gasteiger partial charge in [-0.25, -0.2) is 9.78 Å². The molecule has 2 aromatic carbocycles. The molecule has 0 aliphatic carbocycles. The van der Waals surface area contributed by atoms with Crippen molar-refractivity contribution in [2.45, 2.75) is 13.8 Å². The molecular weight excluding hydrogens is 378 g/mol. The molecule has 28 heavy (non-hydrogen) atoms. The Morgan fingerprint density at radius 1 is 1.14 bits per heavy atom. The number of aromatic nitrogens is 1.